The molecule has 1 aromatic rings. The first-order chi connectivity index (χ1) is 11.2. The molecular formula is C18H29ClFN3O. The summed E-state index contributed by atoms with van der Waals surface area (Å²) in [6.45, 7) is 6.27. The van der Waals surface area contributed by atoms with Crippen LogP contribution in [0.4, 0.5) is 4.39 Å². The molecule has 0 unspecified atom stereocenters. The number of hydrogen-bond donors (Lipinski definition) is 2. The lowest BCUT2D eigenvalue weighted by Gasteiger charge is -2.34. The number of amides is 1. The molecule has 2 N–H and O–H groups in total. The summed E-state index contributed by atoms with van der Waals surface area (Å²) in [7, 11) is 0. The average molecular weight is 358 g/mol. The van der Waals surface area contributed by atoms with Gasteiger partial charge < -0.3 is 10.6 Å². The molecule has 1 aromatic carbocycles. The number of nitrogens with zero attached hydrogens (tertiary/aromatic N) is 1. The molecule has 1 fully saturated rings. The molecule has 1 aliphatic rings. The van der Waals surface area contributed by atoms with Gasteiger partial charge in [0.2, 0.25) is 5.91 Å². The Bertz CT molecular complexity index is 478. The molecule has 0 bridgehead atoms. The van der Waals surface area contributed by atoms with E-state index in [0.29, 0.717) is 19.1 Å². The Morgan fingerprint density at radius 2 is 1.96 bits per heavy atom. The van der Waals surface area contributed by atoms with Crippen LogP contribution >= 0.6 is 12.4 Å². The summed E-state index contributed by atoms with van der Waals surface area (Å²) in [4.78, 5) is 14.5. The first-order valence-electron chi connectivity index (χ1n) is 8.65. The predicted octanol–water partition coefficient (Wildman–Crippen LogP) is 2.37. The fourth-order valence-electron chi connectivity index (χ4n) is 3.09. The van der Waals surface area contributed by atoms with E-state index in [2.05, 4.69) is 22.5 Å². The van der Waals surface area contributed by atoms with Crippen LogP contribution in [-0.2, 0) is 11.2 Å². The molecule has 1 saturated heterocycles. The SMILES string of the molecule is CCCN(CC(=O)NCCc1ccc(F)cc1)C1CCNCC1.Cl. The topological polar surface area (TPSA) is 44.4 Å². The summed E-state index contributed by atoms with van der Waals surface area (Å²) in [5, 5.41) is 6.35. The van der Waals surface area contributed by atoms with E-state index >= 15 is 0 Å². The van der Waals surface area contributed by atoms with Crippen LogP contribution < -0.4 is 10.6 Å². The first kappa shape index (κ1) is 20.9. The standard InChI is InChI=1S/C18H28FN3O.ClH/c1-2-13-22(17-8-10-20-11-9-17)14-18(23)21-12-7-15-3-5-16(19)6-4-15;/h3-6,17,20H,2,7-14H2,1H3,(H,21,23);1H. The minimum absolute atomic E-state index is 0. The number of carbonyl (C=O) groups is 1. The zero-order chi connectivity index (χ0) is 16.5. The molecule has 0 atom stereocenters. The maximum absolute atomic E-state index is 12.9. The van der Waals surface area contributed by atoms with Crippen molar-refractivity contribution in [2.75, 3.05) is 32.7 Å². The summed E-state index contributed by atoms with van der Waals surface area (Å²) in [5.74, 6) is -0.144. The van der Waals surface area contributed by atoms with Crippen LogP contribution in [0.3, 0.4) is 0 Å². The van der Waals surface area contributed by atoms with Crippen molar-refractivity contribution < 1.29 is 9.18 Å². The first-order valence-corrected chi connectivity index (χ1v) is 8.65. The van der Waals surface area contributed by atoms with Crippen LogP contribution in [0.1, 0.15) is 31.7 Å². The lowest BCUT2D eigenvalue weighted by Crippen LogP contribution is -2.47. The molecule has 0 saturated carbocycles. The highest BCUT2D eigenvalue weighted by Gasteiger charge is 2.22. The monoisotopic (exact) mass is 357 g/mol. The summed E-state index contributed by atoms with van der Waals surface area (Å²) < 4.78 is 12.9. The van der Waals surface area contributed by atoms with E-state index < -0.39 is 0 Å². The number of piperidine rings is 1. The third kappa shape index (κ3) is 7.16. The van der Waals surface area contributed by atoms with Crippen LogP contribution in [0.5, 0.6) is 0 Å². The summed E-state index contributed by atoms with van der Waals surface area (Å²) in [6, 6.07) is 6.95. The van der Waals surface area contributed by atoms with E-state index in [1.807, 2.05) is 0 Å². The van der Waals surface area contributed by atoms with Gasteiger partial charge in [-0.05, 0) is 63.0 Å². The third-order valence-corrected chi connectivity index (χ3v) is 4.33. The van der Waals surface area contributed by atoms with E-state index in [4.69, 9.17) is 0 Å². The van der Waals surface area contributed by atoms with Crippen molar-refractivity contribution in [2.24, 2.45) is 0 Å². The normalized spacial score (nSPS) is 15.1. The van der Waals surface area contributed by atoms with Crippen LogP contribution in [0.25, 0.3) is 0 Å². The van der Waals surface area contributed by atoms with Gasteiger partial charge in [-0.25, -0.2) is 4.39 Å². The molecular weight excluding hydrogens is 329 g/mol. The largest absolute Gasteiger partial charge is 0.355 e. The smallest absolute Gasteiger partial charge is 0.234 e. The van der Waals surface area contributed by atoms with Crippen molar-refractivity contribution in [3.05, 3.63) is 35.6 Å². The van der Waals surface area contributed by atoms with Crippen molar-refractivity contribution >= 4 is 18.3 Å². The fraction of sp³-hybridized carbons (Fsp3) is 0.611. The van der Waals surface area contributed by atoms with Gasteiger partial charge in [-0.1, -0.05) is 19.1 Å². The number of carbonyl (C=O) groups excluding carboxylic acids is 1. The van der Waals surface area contributed by atoms with Gasteiger partial charge in [0.1, 0.15) is 5.82 Å². The maximum Gasteiger partial charge on any atom is 0.234 e. The number of benzene rings is 1. The van der Waals surface area contributed by atoms with Crippen LogP contribution in [0.2, 0.25) is 0 Å². The molecule has 6 heteroatoms. The molecule has 1 heterocycles. The molecule has 136 valence electrons. The molecule has 0 spiro atoms. The Kier molecular flexibility index (Phi) is 9.91. The Morgan fingerprint density at radius 1 is 1.29 bits per heavy atom. The summed E-state index contributed by atoms with van der Waals surface area (Å²) in [5.41, 5.74) is 1.04. The molecule has 24 heavy (non-hydrogen) atoms. The second-order valence-electron chi connectivity index (χ2n) is 6.18. The van der Waals surface area contributed by atoms with E-state index in [9.17, 15) is 9.18 Å². The van der Waals surface area contributed by atoms with E-state index in [0.717, 1.165) is 50.9 Å². The number of rotatable bonds is 8. The van der Waals surface area contributed by atoms with Gasteiger partial charge in [-0.15, -0.1) is 12.4 Å². The molecule has 0 aromatic heterocycles. The third-order valence-electron chi connectivity index (χ3n) is 4.33. The Balaban J connectivity index is 0.00000288. The van der Waals surface area contributed by atoms with Gasteiger partial charge in [0.05, 0.1) is 6.54 Å². The zero-order valence-corrected chi connectivity index (χ0v) is 15.2. The van der Waals surface area contributed by atoms with Crippen molar-refractivity contribution in [3.63, 3.8) is 0 Å². The Morgan fingerprint density at radius 3 is 2.58 bits per heavy atom. The van der Waals surface area contributed by atoms with Crippen molar-refractivity contribution in [3.8, 4) is 0 Å². The van der Waals surface area contributed by atoms with Gasteiger partial charge in [0, 0.05) is 12.6 Å². The molecule has 0 radical (unpaired) electrons. The fourth-order valence-corrected chi connectivity index (χ4v) is 3.09. The Hall–Kier alpha value is -1.17. The van der Waals surface area contributed by atoms with Gasteiger partial charge >= 0.3 is 0 Å². The Labute approximate surface area is 150 Å². The van der Waals surface area contributed by atoms with E-state index in [1.54, 1.807) is 12.1 Å². The number of nitrogens with one attached hydrogen (secondary N) is 2. The molecule has 1 aliphatic heterocycles. The lowest BCUT2D eigenvalue weighted by molar-refractivity contribution is -0.122. The maximum atomic E-state index is 12.9. The van der Waals surface area contributed by atoms with Crippen molar-refractivity contribution in [1.82, 2.24) is 15.5 Å². The molecule has 0 aliphatic carbocycles. The second-order valence-corrected chi connectivity index (χ2v) is 6.18. The van der Waals surface area contributed by atoms with Gasteiger partial charge in [0.15, 0.2) is 0 Å². The van der Waals surface area contributed by atoms with Crippen LogP contribution in [0.15, 0.2) is 24.3 Å². The van der Waals surface area contributed by atoms with E-state index in [1.165, 1.54) is 12.1 Å². The van der Waals surface area contributed by atoms with Crippen molar-refractivity contribution in [1.29, 1.82) is 0 Å². The quantitative estimate of drug-likeness (QED) is 0.750. The van der Waals surface area contributed by atoms with Crippen molar-refractivity contribution in [2.45, 2.75) is 38.6 Å². The van der Waals surface area contributed by atoms with Crippen LogP contribution in [0, 0.1) is 5.82 Å². The zero-order valence-electron chi connectivity index (χ0n) is 14.4. The van der Waals surface area contributed by atoms with E-state index in [-0.39, 0.29) is 24.1 Å². The lowest BCUT2D eigenvalue weighted by atomic mass is 10.0. The molecule has 1 amide bonds. The average Bonchev–Trinajstić information content (AvgIpc) is 2.57. The van der Waals surface area contributed by atoms with Gasteiger partial charge in [0.25, 0.3) is 0 Å². The predicted molar refractivity (Wildman–Crippen MR) is 98.1 cm³/mol. The van der Waals surface area contributed by atoms with Gasteiger partial charge in [-0.3, -0.25) is 9.69 Å². The second kappa shape index (κ2) is 11.4. The number of halogens is 2. The highest BCUT2D eigenvalue weighted by atomic mass is 35.5. The molecule has 4 nitrogen and oxygen atoms in total. The number of hydrogen-bond acceptors (Lipinski definition) is 3. The summed E-state index contributed by atoms with van der Waals surface area (Å²) >= 11 is 0. The molecule has 2 rings (SSSR count). The highest BCUT2D eigenvalue weighted by molar-refractivity contribution is 5.85. The van der Waals surface area contributed by atoms with Gasteiger partial charge in [-0.2, -0.15) is 0 Å². The highest BCUT2D eigenvalue weighted by Crippen LogP contribution is 2.12. The minimum atomic E-state index is -0.227. The van der Waals surface area contributed by atoms with Crippen LogP contribution in [-0.4, -0.2) is 49.6 Å². The summed E-state index contributed by atoms with van der Waals surface area (Å²) in [6.07, 6.45) is 4.02. The minimum Gasteiger partial charge on any atom is -0.355 e.